The number of amides is 1. The zero-order chi connectivity index (χ0) is 24.1. The lowest BCUT2D eigenvalue weighted by atomic mass is 9.90. The lowest BCUT2D eigenvalue weighted by Crippen LogP contribution is -2.41. The molecule has 11 nitrogen and oxygen atoms in total. The number of aromatic nitrogens is 3. The van der Waals surface area contributed by atoms with Gasteiger partial charge in [-0.1, -0.05) is 12.1 Å². The summed E-state index contributed by atoms with van der Waals surface area (Å²) < 4.78 is 0. The normalized spacial score (nSPS) is 12.9. The average molecular weight is 455 g/mol. The van der Waals surface area contributed by atoms with Gasteiger partial charge in [-0.25, -0.2) is 9.78 Å². The van der Waals surface area contributed by atoms with Crippen LogP contribution in [0.4, 0.5) is 0 Å². The van der Waals surface area contributed by atoms with Crippen molar-refractivity contribution in [1.82, 2.24) is 25.6 Å². The van der Waals surface area contributed by atoms with Crippen LogP contribution in [-0.4, -0.2) is 67.8 Å². The van der Waals surface area contributed by atoms with Crippen LogP contribution < -0.4 is 10.6 Å². The molecule has 174 valence electrons. The molecule has 0 aliphatic heterocycles. The number of H-pyrrole nitrogens is 1. The Morgan fingerprint density at radius 3 is 2.42 bits per heavy atom. The number of nitrogens with one attached hydrogen (secondary N) is 3. The van der Waals surface area contributed by atoms with Crippen LogP contribution in [0.5, 0.6) is 5.88 Å². The molecule has 3 rings (SSSR count). The van der Waals surface area contributed by atoms with E-state index in [1.807, 2.05) is 0 Å². The minimum absolute atomic E-state index is 0.119. The molecule has 33 heavy (non-hydrogen) atoms. The maximum absolute atomic E-state index is 12.5. The zero-order valence-electron chi connectivity index (χ0n) is 18.1. The summed E-state index contributed by atoms with van der Waals surface area (Å²) in [6, 6.07) is 5.32. The van der Waals surface area contributed by atoms with Crippen LogP contribution in [0.2, 0.25) is 0 Å². The van der Waals surface area contributed by atoms with E-state index in [1.54, 1.807) is 44.4 Å². The van der Waals surface area contributed by atoms with Gasteiger partial charge >= 0.3 is 11.9 Å². The molecule has 0 aliphatic rings. The molecule has 0 fully saturated rings. The molecule has 0 radical (unpaired) electrons. The summed E-state index contributed by atoms with van der Waals surface area (Å²) >= 11 is 0. The number of carboxylic acid groups (broad SMARTS) is 2. The van der Waals surface area contributed by atoms with Crippen molar-refractivity contribution in [2.45, 2.75) is 31.7 Å². The van der Waals surface area contributed by atoms with E-state index in [-0.39, 0.29) is 30.2 Å². The number of aliphatic carboxylic acids is 2. The number of carbonyl (C=O) groups excluding carboxylic acids is 1. The number of fused-ring (bicyclic) bond motifs is 1. The molecule has 1 aromatic carbocycles. The van der Waals surface area contributed by atoms with E-state index in [2.05, 4.69) is 25.6 Å². The van der Waals surface area contributed by atoms with Crippen molar-refractivity contribution in [3.05, 3.63) is 53.0 Å². The fraction of sp³-hybridized carbons (Fsp3) is 0.318. The molecule has 1 amide bonds. The largest absolute Gasteiger partial charge is 0.493 e. The number of benzene rings is 1. The summed E-state index contributed by atoms with van der Waals surface area (Å²) in [5, 5.41) is 34.4. The first-order valence-corrected chi connectivity index (χ1v) is 10.3. The number of nitrogens with zero attached hydrogens (tertiary/aromatic N) is 2. The van der Waals surface area contributed by atoms with Gasteiger partial charge in [0.15, 0.2) is 0 Å². The van der Waals surface area contributed by atoms with Gasteiger partial charge in [0.05, 0.1) is 5.39 Å². The number of carbonyl (C=O) groups is 3. The molecule has 3 aromatic rings. The van der Waals surface area contributed by atoms with E-state index in [0.717, 1.165) is 11.1 Å². The Balaban J connectivity index is 1.84. The van der Waals surface area contributed by atoms with Gasteiger partial charge in [-0.05, 0) is 43.7 Å². The maximum atomic E-state index is 12.5. The van der Waals surface area contributed by atoms with Crippen LogP contribution >= 0.6 is 0 Å². The molecule has 0 saturated carbocycles. The number of hydrogen-bond donors (Lipinski definition) is 6. The van der Waals surface area contributed by atoms with E-state index in [1.165, 1.54) is 0 Å². The lowest BCUT2D eigenvalue weighted by Gasteiger charge is -2.18. The van der Waals surface area contributed by atoms with Gasteiger partial charge in [0, 0.05) is 30.6 Å². The summed E-state index contributed by atoms with van der Waals surface area (Å²) in [7, 11) is 1.80. The lowest BCUT2D eigenvalue weighted by molar-refractivity contribution is -0.140. The van der Waals surface area contributed by atoms with E-state index in [4.69, 9.17) is 5.11 Å². The predicted molar refractivity (Wildman–Crippen MR) is 118 cm³/mol. The van der Waals surface area contributed by atoms with Gasteiger partial charge in [-0.2, -0.15) is 4.98 Å². The van der Waals surface area contributed by atoms with Crippen LogP contribution in [0, 0.1) is 6.92 Å². The highest BCUT2D eigenvalue weighted by Gasteiger charge is 2.23. The summed E-state index contributed by atoms with van der Waals surface area (Å²) in [4.78, 5) is 46.0. The van der Waals surface area contributed by atoms with Gasteiger partial charge in [0.2, 0.25) is 5.88 Å². The van der Waals surface area contributed by atoms with Gasteiger partial charge < -0.3 is 30.9 Å². The first-order chi connectivity index (χ1) is 15.7. The second-order valence-corrected chi connectivity index (χ2v) is 7.59. The Hall–Kier alpha value is -3.99. The highest BCUT2D eigenvalue weighted by atomic mass is 16.4. The van der Waals surface area contributed by atoms with E-state index in [9.17, 15) is 24.6 Å². The zero-order valence-corrected chi connectivity index (χ0v) is 18.1. The predicted octanol–water partition coefficient (Wildman–Crippen LogP) is 1.37. The van der Waals surface area contributed by atoms with Gasteiger partial charge in [-0.3, -0.25) is 9.59 Å². The van der Waals surface area contributed by atoms with E-state index < -0.39 is 23.9 Å². The van der Waals surface area contributed by atoms with Crippen LogP contribution in [0.3, 0.4) is 0 Å². The third kappa shape index (κ3) is 5.44. The third-order valence-electron chi connectivity index (χ3n) is 5.26. The molecule has 6 N–H and O–H groups in total. The number of aromatic hydroxyl groups is 1. The molecule has 2 heterocycles. The average Bonchev–Trinajstić information content (AvgIpc) is 3.18. The van der Waals surface area contributed by atoms with Crippen molar-refractivity contribution in [3.63, 3.8) is 0 Å². The highest BCUT2D eigenvalue weighted by Crippen LogP contribution is 2.34. The molecule has 1 unspecified atom stereocenters. The second-order valence-electron chi connectivity index (χ2n) is 7.59. The fourth-order valence-corrected chi connectivity index (χ4v) is 3.67. The topological polar surface area (TPSA) is 178 Å². The number of carboxylic acids is 2. The van der Waals surface area contributed by atoms with E-state index in [0.29, 0.717) is 23.4 Å². The Kier molecular flexibility index (Phi) is 7.23. The Bertz CT molecular complexity index is 1170. The van der Waals surface area contributed by atoms with Crippen molar-refractivity contribution in [2.75, 3.05) is 13.6 Å². The first-order valence-electron chi connectivity index (χ1n) is 10.3. The molecule has 2 atom stereocenters. The maximum Gasteiger partial charge on any atom is 0.326 e. The van der Waals surface area contributed by atoms with E-state index >= 15 is 0 Å². The highest BCUT2D eigenvalue weighted by molar-refractivity contribution is 5.96. The van der Waals surface area contributed by atoms with Crippen molar-refractivity contribution in [1.29, 1.82) is 0 Å². The molecule has 0 spiro atoms. The molecule has 2 aromatic heterocycles. The minimum atomic E-state index is -1.30. The number of hydrogen-bond acceptors (Lipinski definition) is 7. The van der Waals surface area contributed by atoms with Crippen molar-refractivity contribution < 1.29 is 29.7 Å². The number of likely N-dealkylation sites (N-methyl/N-ethyl adjacent to an activating group) is 1. The Labute approximate surface area is 188 Å². The standard InChI is InChI=1S/C22H25N5O6/c1-11-25-19-18(21(31)26-11)15(10-24-19)14(9-23-2)12-3-5-13(6-4-12)20(30)27-16(22(32)33)7-8-17(28)29/h3-6,10,14,16,23H,7-9H2,1-2H3,(H,27,30)(H,28,29)(H,32,33)(H2,24,25,26,31)/t14?,16-/m0/s1. The molecule has 0 bridgehead atoms. The third-order valence-corrected chi connectivity index (χ3v) is 5.26. The monoisotopic (exact) mass is 455 g/mol. The van der Waals surface area contributed by atoms with Gasteiger partial charge in [0.25, 0.3) is 5.91 Å². The van der Waals surface area contributed by atoms with Gasteiger partial charge in [-0.15, -0.1) is 0 Å². The van der Waals surface area contributed by atoms with Gasteiger partial charge in [0.1, 0.15) is 17.5 Å². The first kappa shape index (κ1) is 23.7. The van der Waals surface area contributed by atoms with Crippen LogP contribution in [-0.2, 0) is 9.59 Å². The quantitative estimate of drug-likeness (QED) is 0.263. The fourth-order valence-electron chi connectivity index (χ4n) is 3.67. The molecule has 0 aliphatic carbocycles. The van der Waals surface area contributed by atoms with Crippen molar-refractivity contribution in [2.24, 2.45) is 0 Å². The summed E-state index contributed by atoms with van der Waals surface area (Å²) in [6.07, 6.45) is 1.17. The van der Waals surface area contributed by atoms with Crippen molar-refractivity contribution >= 4 is 28.9 Å². The Morgan fingerprint density at radius 2 is 1.82 bits per heavy atom. The number of aryl methyl sites for hydroxylation is 1. The summed E-state index contributed by atoms with van der Waals surface area (Å²) in [6.45, 7) is 2.22. The number of rotatable bonds is 10. The second kappa shape index (κ2) is 10.1. The smallest absolute Gasteiger partial charge is 0.326 e. The summed E-state index contributed by atoms with van der Waals surface area (Å²) in [5.41, 5.74) is 2.40. The van der Waals surface area contributed by atoms with Crippen molar-refractivity contribution in [3.8, 4) is 5.88 Å². The molecule has 0 saturated heterocycles. The minimum Gasteiger partial charge on any atom is -0.493 e. The van der Waals surface area contributed by atoms with Crippen LogP contribution in [0.1, 0.15) is 46.1 Å². The number of aromatic amines is 1. The summed E-state index contributed by atoms with van der Waals surface area (Å²) in [5.74, 6) is -2.92. The molecular formula is C22H25N5O6. The Morgan fingerprint density at radius 1 is 1.12 bits per heavy atom. The molecular weight excluding hydrogens is 430 g/mol. The van der Waals surface area contributed by atoms with Crippen LogP contribution in [0.25, 0.3) is 11.0 Å². The van der Waals surface area contributed by atoms with Crippen LogP contribution in [0.15, 0.2) is 30.5 Å². The molecule has 11 heteroatoms. The SMILES string of the molecule is CNCC(c1ccc(C(=O)N[C@@H](CCC(=O)O)C(=O)O)cc1)c1c[nH]c2nc(C)nc(O)c12.